The number of hydrogen-bond donors (Lipinski definition) is 0. The Morgan fingerprint density at radius 2 is 1.70 bits per heavy atom. The average molecular weight is 435 g/mol. The minimum absolute atomic E-state index is 0.489. The maximum atomic E-state index is 4.35. The molecule has 0 radical (unpaired) electrons. The zero-order valence-corrected chi connectivity index (χ0v) is 20.6. The molecule has 33 heavy (non-hydrogen) atoms. The average Bonchev–Trinajstić information content (AvgIpc) is 3.27. The molecule has 0 aromatic heterocycles. The SMILES string of the molecule is C=C1CCC(=C)C1CC1=Cc2cccc(-c3cc(C)cc(C)c3CC3CC4(CCC4)C3)c2C1. The van der Waals surface area contributed by atoms with Crippen LogP contribution >= 0.6 is 0 Å². The monoisotopic (exact) mass is 434 g/mol. The lowest BCUT2D eigenvalue weighted by atomic mass is 9.51. The summed E-state index contributed by atoms with van der Waals surface area (Å²) in [5.74, 6) is 1.37. The molecule has 3 saturated carbocycles. The molecular weight excluding hydrogens is 396 g/mol. The highest BCUT2D eigenvalue weighted by atomic mass is 14.5. The summed E-state index contributed by atoms with van der Waals surface area (Å²) in [6.07, 6.45) is 15.5. The maximum absolute atomic E-state index is 4.35. The van der Waals surface area contributed by atoms with Crippen LogP contribution in [-0.4, -0.2) is 0 Å². The molecule has 0 aliphatic heterocycles. The Labute approximate surface area is 200 Å². The summed E-state index contributed by atoms with van der Waals surface area (Å²) < 4.78 is 0. The van der Waals surface area contributed by atoms with Gasteiger partial charge in [-0.15, -0.1) is 0 Å². The van der Waals surface area contributed by atoms with Crippen molar-refractivity contribution in [2.24, 2.45) is 17.3 Å². The van der Waals surface area contributed by atoms with Crippen molar-refractivity contribution in [3.8, 4) is 11.1 Å². The Kier molecular flexibility index (Phi) is 5.05. The molecule has 0 heterocycles. The fourth-order valence-electron chi connectivity index (χ4n) is 7.52. The summed E-state index contributed by atoms with van der Waals surface area (Å²) in [5, 5.41) is 0. The first-order valence-corrected chi connectivity index (χ1v) is 13.2. The molecule has 0 saturated heterocycles. The molecule has 0 nitrogen and oxygen atoms in total. The van der Waals surface area contributed by atoms with Gasteiger partial charge in [-0.1, -0.05) is 78.3 Å². The van der Waals surface area contributed by atoms with Gasteiger partial charge in [0, 0.05) is 5.92 Å². The second kappa shape index (κ2) is 7.86. The van der Waals surface area contributed by atoms with Crippen molar-refractivity contribution in [1.29, 1.82) is 0 Å². The van der Waals surface area contributed by atoms with Crippen LogP contribution in [0, 0.1) is 31.1 Å². The van der Waals surface area contributed by atoms with Gasteiger partial charge >= 0.3 is 0 Å². The number of aryl methyl sites for hydroxylation is 2. The van der Waals surface area contributed by atoms with E-state index in [2.05, 4.69) is 63.4 Å². The molecule has 0 amide bonds. The van der Waals surface area contributed by atoms with Crippen LogP contribution in [0.5, 0.6) is 0 Å². The highest BCUT2D eigenvalue weighted by Crippen LogP contribution is 2.59. The smallest absolute Gasteiger partial charge is 0.00392 e. The van der Waals surface area contributed by atoms with Crippen molar-refractivity contribution in [1.82, 2.24) is 0 Å². The number of fused-ring (bicyclic) bond motifs is 1. The molecule has 4 aliphatic carbocycles. The van der Waals surface area contributed by atoms with E-state index in [9.17, 15) is 0 Å². The van der Waals surface area contributed by atoms with Gasteiger partial charge in [-0.3, -0.25) is 0 Å². The first-order valence-electron chi connectivity index (χ1n) is 13.2. The molecule has 2 aromatic rings. The Morgan fingerprint density at radius 1 is 0.939 bits per heavy atom. The summed E-state index contributed by atoms with van der Waals surface area (Å²) in [6.45, 7) is 13.3. The quantitative estimate of drug-likeness (QED) is 0.412. The molecule has 2 aromatic carbocycles. The molecule has 0 N–H and O–H groups in total. The van der Waals surface area contributed by atoms with E-state index in [0.29, 0.717) is 5.92 Å². The van der Waals surface area contributed by atoms with Crippen LogP contribution in [0.15, 0.2) is 60.2 Å². The lowest BCUT2D eigenvalue weighted by Crippen LogP contribution is -2.43. The van der Waals surface area contributed by atoms with E-state index in [4.69, 9.17) is 0 Å². The van der Waals surface area contributed by atoms with E-state index in [-0.39, 0.29) is 0 Å². The van der Waals surface area contributed by atoms with Gasteiger partial charge in [0.25, 0.3) is 0 Å². The van der Waals surface area contributed by atoms with E-state index in [1.54, 1.807) is 11.1 Å². The van der Waals surface area contributed by atoms with E-state index >= 15 is 0 Å². The first kappa shape index (κ1) is 21.2. The van der Waals surface area contributed by atoms with Gasteiger partial charge in [0.2, 0.25) is 0 Å². The molecular formula is C33H38. The maximum Gasteiger partial charge on any atom is 0.00392 e. The van der Waals surface area contributed by atoms with Gasteiger partial charge < -0.3 is 0 Å². The number of benzene rings is 2. The van der Waals surface area contributed by atoms with Crippen molar-refractivity contribution in [3.63, 3.8) is 0 Å². The molecule has 0 unspecified atom stereocenters. The summed E-state index contributed by atoms with van der Waals surface area (Å²) in [4.78, 5) is 0. The topological polar surface area (TPSA) is 0 Å². The standard InChI is InChI=1S/C33H38/c1-21-13-24(4)30(18-26-19-33(20-26)11-6-12-33)32(14-21)28-8-5-7-27-15-25(17-31(27)28)16-29-22(2)9-10-23(29)3/h5,7-8,13-15,26,29H,2-3,6,9-12,16-20H2,1,4H3. The Balaban J connectivity index is 1.29. The molecule has 170 valence electrons. The highest BCUT2D eigenvalue weighted by molar-refractivity contribution is 5.80. The van der Waals surface area contributed by atoms with Crippen LogP contribution in [0.25, 0.3) is 17.2 Å². The van der Waals surface area contributed by atoms with E-state index in [0.717, 1.165) is 37.0 Å². The van der Waals surface area contributed by atoms with E-state index < -0.39 is 0 Å². The van der Waals surface area contributed by atoms with E-state index in [1.165, 1.54) is 83.1 Å². The van der Waals surface area contributed by atoms with E-state index in [1.807, 2.05) is 0 Å². The molecule has 3 fully saturated rings. The Morgan fingerprint density at radius 3 is 2.39 bits per heavy atom. The summed E-state index contributed by atoms with van der Waals surface area (Å²) in [7, 11) is 0. The zero-order valence-electron chi connectivity index (χ0n) is 20.6. The lowest BCUT2D eigenvalue weighted by molar-refractivity contribution is -0.0239. The first-order chi connectivity index (χ1) is 15.9. The minimum Gasteiger partial charge on any atom is -0.0992 e. The van der Waals surface area contributed by atoms with Crippen molar-refractivity contribution < 1.29 is 0 Å². The van der Waals surface area contributed by atoms with Gasteiger partial charge in [0.1, 0.15) is 0 Å². The third kappa shape index (κ3) is 3.67. The second-order valence-electron chi connectivity index (χ2n) is 11.9. The minimum atomic E-state index is 0.489. The van der Waals surface area contributed by atoms with Crippen molar-refractivity contribution >= 4 is 6.08 Å². The predicted octanol–water partition coefficient (Wildman–Crippen LogP) is 8.95. The molecule has 6 rings (SSSR count). The van der Waals surface area contributed by atoms with Crippen LogP contribution in [-0.2, 0) is 12.8 Å². The summed E-state index contributed by atoms with van der Waals surface area (Å²) in [5.41, 5.74) is 15.5. The molecule has 0 atom stereocenters. The van der Waals surface area contributed by atoms with Crippen molar-refractivity contribution in [3.05, 3.63) is 88.0 Å². The molecule has 1 spiro atoms. The normalized spacial score (nSPS) is 21.8. The number of rotatable bonds is 5. The number of hydrogen-bond acceptors (Lipinski definition) is 0. The van der Waals surface area contributed by atoms with Crippen LogP contribution in [0.3, 0.4) is 0 Å². The second-order valence-corrected chi connectivity index (χ2v) is 11.9. The van der Waals surface area contributed by atoms with Gasteiger partial charge in [-0.2, -0.15) is 0 Å². The third-order valence-electron chi connectivity index (χ3n) is 9.45. The van der Waals surface area contributed by atoms with Gasteiger partial charge in [0.15, 0.2) is 0 Å². The Hall–Kier alpha value is -2.34. The number of allylic oxidation sites excluding steroid dienone is 3. The fourth-order valence-corrected chi connectivity index (χ4v) is 7.52. The van der Waals surface area contributed by atoms with Gasteiger partial charge in [-0.25, -0.2) is 0 Å². The van der Waals surface area contributed by atoms with Crippen LogP contribution < -0.4 is 0 Å². The van der Waals surface area contributed by atoms with Gasteiger partial charge in [0.05, 0.1) is 0 Å². The van der Waals surface area contributed by atoms with Crippen LogP contribution in [0.2, 0.25) is 0 Å². The molecule has 4 aliphatic rings. The summed E-state index contributed by atoms with van der Waals surface area (Å²) >= 11 is 0. The fraction of sp³-hybridized carbons (Fsp3) is 0.455. The van der Waals surface area contributed by atoms with Gasteiger partial charge in [-0.05, 0) is 116 Å². The zero-order chi connectivity index (χ0) is 22.7. The molecule has 0 heteroatoms. The lowest BCUT2D eigenvalue weighted by Gasteiger charge is -2.54. The largest absolute Gasteiger partial charge is 0.0992 e. The van der Waals surface area contributed by atoms with Crippen LogP contribution in [0.1, 0.15) is 79.2 Å². The summed E-state index contributed by atoms with van der Waals surface area (Å²) in [6, 6.07) is 11.8. The van der Waals surface area contributed by atoms with Crippen molar-refractivity contribution in [2.75, 3.05) is 0 Å². The third-order valence-corrected chi connectivity index (χ3v) is 9.45. The predicted molar refractivity (Wildman–Crippen MR) is 141 cm³/mol. The van der Waals surface area contributed by atoms with Crippen molar-refractivity contribution in [2.45, 2.75) is 78.1 Å². The highest BCUT2D eigenvalue weighted by Gasteiger charge is 2.47. The van der Waals surface area contributed by atoms with Crippen LogP contribution in [0.4, 0.5) is 0 Å². The Bertz CT molecular complexity index is 1160. The molecule has 0 bridgehead atoms.